The van der Waals surface area contributed by atoms with Gasteiger partial charge in [-0.25, -0.2) is 0 Å². The molecule has 1 aliphatic heterocycles. The maximum atomic E-state index is 11.2. The second-order valence-electron chi connectivity index (χ2n) is 4.89. The summed E-state index contributed by atoms with van der Waals surface area (Å²) in [5, 5.41) is 4.59. The van der Waals surface area contributed by atoms with Gasteiger partial charge in [-0.2, -0.15) is 0 Å². The van der Waals surface area contributed by atoms with Gasteiger partial charge in [-0.05, 0) is 49.5 Å². The van der Waals surface area contributed by atoms with Crippen molar-refractivity contribution in [1.29, 1.82) is 0 Å². The van der Waals surface area contributed by atoms with Gasteiger partial charge in [-0.15, -0.1) is 0 Å². The van der Waals surface area contributed by atoms with Crippen LogP contribution < -0.4 is 11.1 Å². The number of nitrogens with two attached hydrogens (primary N) is 1. The summed E-state index contributed by atoms with van der Waals surface area (Å²) in [6.07, 6.45) is 4.42. The zero-order valence-electron chi connectivity index (χ0n) is 10.2. The van der Waals surface area contributed by atoms with Gasteiger partial charge >= 0.3 is 0 Å². The van der Waals surface area contributed by atoms with Gasteiger partial charge in [0.1, 0.15) is 0 Å². The number of hydrogen-bond acceptors (Lipinski definition) is 2. The van der Waals surface area contributed by atoms with Gasteiger partial charge in [0.25, 0.3) is 0 Å². The van der Waals surface area contributed by atoms with Gasteiger partial charge in [-0.3, -0.25) is 4.79 Å². The minimum absolute atomic E-state index is 0.380. The first-order valence-electron chi connectivity index (χ1n) is 6.37. The molecule has 4 nitrogen and oxygen atoms in total. The number of carbonyl (C=O) groups excluding carboxylic acids is 1. The van der Waals surface area contributed by atoms with Crippen molar-refractivity contribution in [2.24, 2.45) is 5.73 Å². The molecule has 0 aliphatic carbocycles. The second-order valence-corrected chi connectivity index (χ2v) is 4.89. The monoisotopic (exact) mass is 243 g/mol. The number of carbonyl (C=O) groups is 1. The van der Waals surface area contributed by atoms with E-state index in [0.29, 0.717) is 11.5 Å². The number of aromatic nitrogens is 1. The summed E-state index contributed by atoms with van der Waals surface area (Å²) in [6, 6.07) is 5.65. The van der Waals surface area contributed by atoms with E-state index in [4.69, 9.17) is 5.73 Å². The Hall–Kier alpha value is -1.81. The zero-order valence-corrected chi connectivity index (χ0v) is 10.2. The fraction of sp³-hybridized carbons (Fsp3) is 0.357. The predicted octanol–water partition coefficient (Wildman–Crippen LogP) is 1.73. The highest BCUT2D eigenvalue weighted by atomic mass is 16.1. The average molecular weight is 243 g/mol. The number of hydrogen-bond donors (Lipinski definition) is 3. The van der Waals surface area contributed by atoms with Crippen LogP contribution in [0, 0.1) is 0 Å². The fourth-order valence-corrected chi connectivity index (χ4v) is 2.77. The number of primary amides is 1. The van der Waals surface area contributed by atoms with E-state index in [1.54, 1.807) is 0 Å². The SMILES string of the molecule is NC(=O)c1ccc2c(C3CCNCC3)c[nH]c2c1. The van der Waals surface area contributed by atoms with Crippen molar-refractivity contribution in [3.63, 3.8) is 0 Å². The third-order valence-corrected chi connectivity index (χ3v) is 3.78. The van der Waals surface area contributed by atoms with Crippen LogP contribution in [-0.2, 0) is 0 Å². The lowest BCUT2D eigenvalue weighted by atomic mass is 9.90. The van der Waals surface area contributed by atoms with Crippen molar-refractivity contribution in [1.82, 2.24) is 10.3 Å². The van der Waals surface area contributed by atoms with Gasteiger partial charge in [0.2, 0.25) is 5.91 Å². The van der Waals surface area contributed by atoms with Crippen LogP contribution in [0.3, 0.4) is 0 Å². The summed E-state index contributed by atoms with van der Waals surface area (Å²) in [7, 11) is 0. The van der Waals surface area contributed by atoms with Crippen LogP contribution in [-0.4, -0.2) is 24.0 Å². The lowest BCUT2D eigenvalue weighted by Crippen LogP contribution is -2.26. The van der Waals surface area contributed by atoms with Crippen LogP contribution in [0.15, 0.2) is 24.4 Å². The Morgan fingerprint density at radius 1 is 1.28 bits per heavy atom. The normalized spacial score (nSPS) is 17.1. The van der Waals surface area contributed by atoms with Gasteiger partial charge in [-0.1, -0.05) is 6.07 Å². The van der Waals surface area contributed by atoms with Crippen molar-refractivity contribution < 1.29 is 4.79 Å². The van der Waals surface area contributed by atoms with Crippen LogP contribution in [0.4, 0.5) is 0 Å². The number of H-pyrrole nitrogens is 1. The predicted molar refractivity (Wildman–Crippen MR) is 71.7 cm³/mol. The number of nitrogens with one attached hydrogen (secondary N) is 2. The molecule has 94 valence electrons. The van der Waals surface area contributed by atoms with E-state index in [1.807, 2.05) is 18.2 Å². The highest BCUT2D eigenvalue weighted by Crippen LogP contribution is 2.31. The minimum atomic E-state index is -0.380. The number of benzene rings is 1. The molecule has 1 amide bonds. The molecule has 0 saturated carbocycles. The molecule has 1 aliphatic rings. The van der Waals surface area contributed by atoms with Gasteiger partial charge in [0, 0.05) is 22.7 Å². The van der Waals surface area contributed by atoms with E-state index < -0.39 is 0 Å². The van der Waals surface area contributed by atoms with Gasteiger partial charge in [0.15, 0.2) is 0 Å². The third kappa shape index (κ3) is 1.88. The van der Waals surface area contributed by atoms with Crippen LogP contribution in [0.2, 0.25) is 0 Å². The first kappa shape index (κ1) is 11.3. The van der Waals surface area contributed by atoms with Crippen LogP contribution in [0.5, 0.6) is 0 Å². The summed E-state index contributed by atoms with van der Waals surface area (Å²) in [5.74, 6) is 0.231. The Kier molecular flexibility index (Phi) is 2.80. The molecule has 1 fully saturated rings. The molecular weight excluding hydrogens is 226 g/mol. The molecule has 4 heteroatoms. The summed E-state index contributed by atoms with van der Waals surface area (Å²) in [4.78, 5) is 14.4. The molecule has 1 aromatic carbocycles. The molecule has 18 heavy (non-hydrogen) atoms. The summed E-state index contributed by atoms with van der Waals surface area (Å²) in [6.45, 7) is 2.16. The van der Waals surface area contributed by atoms with E-state index in [1.165, 1.54) is 23.8 Å². The fourth-order valence-electron chi connectivity index (χ4n) is 2.77. The largest absolute Gasteiger partial charge is 0.366 e. The molecule has 0 unspecified atom stereocenters. The lowest BCUT2D eigenvalue weighted by Gasteiger charge is -2.22. The number of rotatable bonds is 2. The Balaban J connectivity index is 2.01. The molecule has 2 heterocycles. The second kappa shape index (κ2) is 4.46. The van der Waals surface area contributed by atoms with Crippen molar-refractivity contribution in [2.45, 2.75) is 18.8 Å². The number of aromatic amines is 1. The van der Waals surface area contributed by atoms with Crippen molar-refractivity contribution >= 4 is 16.8 Å². The molecular formula is C14H17N3O. The quantitative estimate of drug-likeness (QED) is 0.751. The topological polar surface area (TPSA) is 70.9 Å². The zero-order chi connectivity index (χ0) is 12.5. The molecule has 1 aromatic heterocycles. The van der Waals surface area contributed by atoms with Crippen molar-refractivity contribution in [3.05, 3.63) is 35.5 Å². The summed E-state index contributed by atoms with van der Waals surface area (Å²) < 4.78 is 0. The van der Waals surface area contributed by atoms with Crippen LogP contribution >= 0.6 is 0 Å². The molecule has 4 N–H and O–H groups in total. The molecule has 2 aromatic rings. The standard InChI is InChI=1S/C14H17N3O/c15-14(18)10-1-2-11-12(8-17-13(11)7-10)9-3-5-16-6-4-9/h1-2,7-9,16-17H,3-6H2,(H2,15,18). The smallest absolute Gasteiger partial charge is 0.248 e. The maximum Gasteiger partial charge on any atom is 0.248 e. The van der Waals surface area contributed by atoms with Crippen molar-refractivity contribution in [2.75, 3.05) is 13.1 Å². The minimum Gasteiger partial charge on any atom is -0.366 e. The molecule has 0 atom stereocenters. The summed E-state index contributed by atoms with van der Waals surface area (Å²) >= 11 is 0. The van der Waals surface area contributed by atoms with E-state index >= 15 is 0 Å². The Morgan fingerprint density at radius 3 is 2.78 bits per heavy atom. The lowest BCUT2D eigenvalue weighted by molar-refractivity contribution is 0.100. The number of piperidine rings is 1. The van der Waals surface area contributed by atoms with E-state index in [2.05, 4.69) is 16.5 Å². The van der Waals surface area contributed by atoms with E-state index in [-0.39, 0.29) is 5.91 Å². The molecule has 0 spiro atoms. The molecule has 1 saturated heterocycles. The van der Waals surface area contributed by atoms with Gasteiger partial charge in [0.05, 0.1) is 0 Å². The van der Waals surface area contributed by atoms with E-state index in [0.717, 1.165) is 18.6 Å². The summed E-state index contributed by atoms with van der Waals surface area (Å²) in [5.41, 5.74) is 8.21. The molecule has 3 rings (SSSR count). The van der Waals surface area contributed by atoms with Crippen LogP contribution in [0.25, 0.3) is 10.9 Å². The van der Waals surface area contributed by atoms with Gasteiger partial charge < -0.3 is 16.0 Å². The average Bonchev–Trinajstić information content (AvgIpc) is 2.82. The molecule has 0 bridgehead atoms. The van der Waals surface area contributed by atoms with Crippen molar-refractivity contribution in [3.8, 4) is 0 Å². The van der Waals surface area contributed by atoms with E-state index in [9.17, 15) is 4.79 Å². The number of amides is 1. The highest BCUT2D eigenvalue weighted by molar-refractivity contribution is 5.97. The third-order valence-electron chi connectivity index (χ3n) is 3.78. The maximum absolute atomic E-state index is 11.2. The molecule has 0 radical (unpaired) electrons. The Labute approximate surface area is 106 Å². The first-order chi connectivity index (χ1) is 8.75. The van der Waals surface area contributed by atoms with Crippen LogP contribution in [0.1, 0.15) is 34.7 Å². The highest BCUT2D eigenvalue weighted by Gasteiger charge is 2.18. The number of fused-ring (bicyclic) bond motifs is 1. The first-order valence-corrected chi connectivity index (χ1v) is 6.37. The Bertz CT molecular complexity index is 582. The Morgan fingerprint density at radius 2 is 2.06 bits per heavy atom.